The maximum Gasteiger partial charge on any atom is 0.191 e. The van der Waals surface area contributed by atoms with E-state index >= 15 is 0 Å². The number of hydrogen-bond donors (Lipinski definition) is 2. The number of halogens is 1. The Kier molecular flexibility index (Phi) is 10.5. The van der Waals surface area contributed by atoms with Gasteiger partial charge < -0.3 is 29.7 Å². The van der Waals surface area contributed by atoms with E-state index in [1.165, 1.54) is 5.56 Å². The van der Waals surface area contributed by atoms with Crippen molar-refractivity contribution < 1.29 is 14.2 Å². The minimum atomic E-state index is 0. The summed E-state index contributed by atoms with van der Waals surface area (Å²) in [6.45, 7) is 9.57. The van der Waals surface area contributed by atoms with Gasteiger partial charge in [0.1, 0.15) is 17.6 Å². The maximum absolute atomic E-state index is 5.91. The summed E-state index contributed by atoms with van der Waals surface area (Å²) in [5.41, 5.74) is 2.26. The van der Waals surface area contributed by atoms with Gasteiger partial charge in [-0.2, -0.15) is 0 Å². The number of hydrogen-bond acceptors (Lipinski definition) is 5. The van der Waals surface area contributed by atoms with Gasteiger partial charge in [-0.15, -0.1) is 24.0 Å². The molecule has 1 unspecified atom stereocenters. The van der Waals surface area contributed by atoms with Crippen molar-refractivity contribution in [2.75, 3.05) is 47.0 Å². The lowest BCUT2D eigenvalue weighted by molar-refractivity contribution is 0.128. The van der Waals surface area contributed by atoms with Crippen molar-refractivity contribution >= 4 is 29.9 Å². The van der Waals surface area contributed by atoms with E-state index in [2.05, 4.69) is 41.5 Å². The number of piperidine rings is 1. The molecule has 2 heterocycles. The fourth-order valence-corrected chi connectivity index (χ4v) is 3.99. The van der Waals surface area contributed by atoms with Crippen LogP contribution in [-0.4, -0.2) is 70.0 Å². The topological polar surface area (TPSA) is 67.4 Å². The highest BCUT2D eigenvalue weighted by atomic mass is 127. The molecule has 2 aliphatic heterocycles. The summed E-state index contributed by atoms with van der Waals surface area (Å²) in [7, 11) is 3.48. The molecule has 1 fully saturated rings. The summed E-state index contributed by atoms with van der Waals surface area (Å²) >= 11 is 0. The summed E-state index contributed by atoms with van der Waals surface area (Å²) in [5.74, 6) is 2.71. The third kappa shape index (κ3) is 6.88. The number of likely N-dealkylation sites (tertiary alicyclic amines) is 1. The van der Waals surface area contributed by atoms with E-state index in [0.717, 1.165) is 75.1 Å². The number of nitrogens with zero attached hydrogens (tertiary/aromatic N) is 2. The average Bonchev–Trinajstić information content (AvgIpc) is 3.09. The molecule has 2 N–H and O–H groups in total. The van der Waals surface area contributed by atoms with Crippen LogP contribution in [-0.2, 0) is 17.7 Å². The van der Waals surface area contributed by atoms with Crippen molar-refractivity contribution in [3.8, 4) is 11.5 Å². The van der Waals surface area contributed by atoms with E-state index in [9.17, 15) is 0 Å². The van der Waals surface area contributed by atoms with Gasteiger partial charge in [0.15, 0.2) is 5.96 Å². The molecule has 1 aromatic carbocycles. The number of benzene rings is 1. The molecule has 0 radical (unpaired) electrons. The highest BCUT2D eigenvalue weighted by molar-refractivity contribution is 14.0. The third-order valence-corrected chi connectivity index (χ3v) is 5.59. The minimum Gasteiger partial charge on any atom is -0.496 e. The lowest BCUT2D eigenvalue weighted by Gasteiger charge is -2.32. The zero-order chi connectivity index (χ0) is 20.6. The largest absolute Gasteiger partial charge is 0.496 e. The molecular weight excluding hydrogens is 495 g/mol. The predicted octanol–water partition coefficient (Wildman–Crippen LogP) is 2.80. The smallest absolute Gasteiger partial charge is 0.191 e. The molecule has 7 nitrogen and oxygen atoms in total. The first kappa shape index (κ1) is 25.0. The molecule has 1 aromatic rings. The van der Waals surface area contributed by atoms with Crippen molar-refractivity contribution in [3.63, 3.8) is 0 Å². The fourth-order valence-electron chi connectivity index (χ4n) is 3.99. The summed E-state index contributed by atoms with van der Waals surface area (Å²) in [6.07, 6.45) is 3.38. The monoisotopic (exact) mass is 532 g/mol. The molecular formula is C22H37IN4O3. The Morgan fingerprint density at radius 2 is 2.03 bits per heavy atom. The molecule has 30 heavy (non-hydrogen) atoms. The first-order valence-corrected chi connectivity index (χ1v) is 10.8. The van der Waals surface area contributed by atoms with Crippen LogP contribution in [0.15, 0.2) is 17.1 Å². The molecule has 0 bridgehead atoms. The highest BCUT2D eigenvalue weighted by Crippen LogP contribution is 2.35. The van der Waals surface area contributed by atoms with E-state index in [0.29, 0.717) is 12.6 Å². The van der Waals surface area contributed by atoms with Crippen LogP contribution in [0.5, 0.6) is 11.5 Å². The second-order valence-electron chi connectivity index (χ2n) is 7.85. The lowest BCUT2D eigenvalue weighted by Crippen LogP contribution is -2.49. The summed E-state index contributed by atoms with van der Waals surface area (Å²) < 4.78 is 16.7. The Balaban J connectivity index is 0.00000320. The standard InChI is InChI=1S/C22H36N4O3.HI/c1-5-23-22(25-19-6-8-26(9-7-19)10-11-27-3)24-15-18-14-21-17(12-16(2)29-21)13-20(18)28-4;/h13-14,16,19H,5-12,15H2,1-4H3,(H2,23,24,25);1H. The van der Waals surface area contributed by atoms with Crippen LogP contribution >= 0.6 is 24.0 Å². The van der Waals surface area contributed by atoms with Crippen molar-refractivity contribution in [2.24, 2.45) is 4.99 Å². The molecule has 170 valence electrons. The number of fused-ring (bicyclic) bond motifs is 1. The van der Waals surface area contributed by atoms with Gasteiger partial charge in [0.2, 0.25) is 0 Å². The normalized spacial score (nSPS) is 19.6. The molecule has 1 atom stereocenters. The van der Waals surface area contributed by atoms with Gasteiger partial charge in [-0.05, 0) is 38.8 Å². The third-order valence-electron chi connectivity index (χ3n) is 5.59. The van der Waals surface area contributed by atoms with Gasteiger partial charge in [-0.25, -0.2) is 4.99 Å². The second-order valence-corrected chi connectivity index (χ2v) is 7.85. The molecule has 0 amide bonds. The van der Waals surface area contributed by atoms with Gasteiger partial charge in [0, 0.05) is 56.9 Å². The summed E-state index contributed by atoms with van der Waals surface area (Å²) in [5, 5.41) is 6.99. The van der Waals surface area contributed by atoms with Crippen LogP contribution in [0.2, 0.25) is 0 Å². The lowest BCUT2D eigenvalue weighted by atomic mass is 10.1. The number of methoxy groups -OCH3 is 2. The van der Waals surface area contributed by atoms with Crippen molar-refractivity contribution in [1.82, 2.24) is 15.5 Å². The SMILES string of the molecule is CCNC(=NCc1cc2c(cc1OC)CC(C)O2)NC1CCN(CCOC)CC1.I. The van der Waals surface area contributed by atoms with Crippen LogP contribution in [0.4, 0.5) is 0 Å². The zero-order valence-electron chi connectivity index (χ0n) is 18.7. The molecule has 0 spiro atoms. The van der Waals surface area contributed by atoms with E-state index in [1.807, 2.05) is 0 Å². The predicted molar refractivity (Wildman–Crippen MR) is 131 cm³/mol. The fraction of sp³-hybridized carbons (Fsp3) is 0.682. The van der Waals surface area contributed by atoms with Gasteiger partial charge >= 0.3 is 0 Å². The number of aliphatic imine (C=N–C) groups is 1. The number of ether oxygens (including phenoxy) is 3. The molecule has 2 aliphatic rings. The van der Waals surface area contributed by atoms with Crippen LogP contribution < -0.4 is 20.1 Å². The summed E-state index contributed by atoms with van der Waals surface area (Å²) in [4.78, 5) is 7.29. The molecule has 3 rings (SSSR count). The number of rotatable bonds is 8. The van der Waals surface area contributed by atoms with Gasteiger partial charge in [-0.3, -0.25) is 0 Å². The molecule has 0 aromatic heterocycles. The van der Waals surface area contributed by atoms with Gasteiger partial charge in [0.25, 0.3) is 0 Å². The maximum atomic E-state index is 5.91. The summed E-state index contributed by atoms with van der Waals surface area (Å²) in [6, 6.07) is 4.62. The van der Waals surface area contributed by atoms with Crippen LogP contribution in [0.1, 0.15) is 37.8 Å². The number of guanidine groups is 1. The Morgan fingerprint density at radius 3 is 2.70 bits per heavy atom. The zero-order valence-corrected chi connectivity index (χ0v) is 21.0. The minimum absolute atomic E-state index is 0. The number of nitrogens with one attached hydrogen (secondary N) is 2. The second kappa shape index (κ2) is 12.6. The Hall–Kier alpha value is -1.26. The molecule has 1 saturated heterocycles. The molecule has 0 saturated carbocycles. The van der Waals surface area contributed by atoms with Gasteiger partial charge in [-0.1, -0.05) is 0 Å². The Labute approximate surface area is 197 Å². The van der Waals surface area contributed by atoms with Gasteiger partial charge in [0.05, 0.1) is 20.3 Å². The van der Waals surface area contributed by atoms with E-state index in [-0.39, 0.29) is 30.1 Å². The van der Waals surface area contributed by atoms with Crippen LogP contribution in [0.25, 0.3) is 0 Å². The van der Waals surface area contributed by atoms with Crippen LogP contribution in [0, 0.1) is 0 Å². The molecule has 0 aliphatic carbocycles. The quantitative estimate of drug-likeness (QED) is 0.305. The van der Waals surface area contributed by atoms with E-state index in [1.54, 1.807) is 14.2 Å². The molecule has 8 heteroatoms. The van der Waals surface area contributed by atoms with Crippen molar-refractivity contribution in [1.29, 1.82) is 0 Å². The Bertz CT molecular complexity index is 693. The first-order chi connectivity index (χ1) is 14.1. The average molecular weight is 532 g/mol. The van der Waals surface area contributed by atoms with Crippen molar-refractivity contribution in [2.45, 2.75) is 51.8 Å². The Morgan fingerprint density at radius 1 is 1.27 bits per heavy atom. The highest BCUT2D eigenvalue weighted by Gasteiger charge is 2.22. The first-order valence-electron chi connectivity index (χ1n) is 10.8. The van der Waals surface area contributed by atoms with Crippen molar-refractivity contribution in [3.05, 3.63) is 23.3 Å². The van der Waals surface area contributed by atoms with Crippen LogP contribution in [0.3, 0.4) is 0 Å². The van der Waals surface area contributed by atoms with E-state index in [4.69, 9.17) is 19.2 Å². The van der Waals surface area contributed by atoms with E-state index < -0.39 is 0 Å².